The van der Waals surface area contributed by atoms with Crippen molar-refractivity contribution in [1.82, 2.24) is 10.3 Å². The Bertz CT molecular complexity index is 355. The number of hydrogen-bond donors (Lipinski definition) is 1. The molecule has 19 heavy (non-hydrogen) atoms. The summed E-state index contributed by atoms with van der Waals surface area (Å²) in [6, 6.07) is 0. The fourth-order valence-corrected chi connectivity index (χ4v) is 1.95. The van der Waals surface area contributed by atoms with Gasteiger partial charge in [-0.1, -0.05) is 6.92 Å². The van der Waals surface area contributed by atoms with Crippen LogP contribution in [0.1, 0.15) is 45.8 Å². The van der Waals surface area contributed by atoms with Gasteiger partial charge in [0.15, 0.2) is 5.89 Å². The maximum Gasteiger partial charge on any atom is 0.194 e. The highest BCUT2D eigenvalue weighted by atomic mass is 16.5. The van der Waals surface area contributed by atoms with Crippen LogP contribution >= 0.6 is 0 Å². The van der Waals surface area contributed by atoms with E-state index in [4.69, 9.17) is 9.15 Å². The van der Waals surface area contributed by atoms with Crippen LogP contribution in [0.2, 0.25) is 0 Å². The van der Waals surface area contributed by atoms with Crippen molar-refractivity contribution < 1.29 is 9.15 Å². The summed E-state index contributed by atoms with van der Waals surface area (Å²) in [7, 11) is 1.73. The lowest BCUT2D eigenvalue weighted by atomic mass is 10.1. The first-order valence-corrected chi connectivity index (χ1v) is 7.08. The number of aromatic nitrogens is 1. The van der Waals surface area contributed by atoms with E-state index in [0.717, 1.165) is 44.1 Å². The van der Waals surface area contributed by atoms with E-state index in [1.54, 1.807) is 7.11 Å². The average Bonchev–Trinajstić information content (AvgIpc) is 2.71. The Balaban J connectivity index is 2.27. The van der Waals surface area contributed by atoms with Gasteiger partial charge in [0.2, 0.25) is 0 Å². The standard InChI is InChI=1S/C15H28N2O2/c1-12(11-18-5)9-13-10-16-14(19-13)7-6-8-17-15(2,3)4/h10,12,17H,6-9,11H2,1-5H3. The zero-order valence-corrected chi connectivity index (χ0v) is 13.0. The summed E-state index contributed by atoms with van der Waals surface area (Å²) >= 11 is 0. The van der Waals surface area contributed by atoms with Crippen LogP contribution in [0.15, 0.2) is 10.6 Å². The minimum absolute atomic E-state index is 0.178. The predicted molar refractivity (Wildman–Crippen MR) is 77.3 cm³/mol. The van der Waals surface area contributed by atoms with Crippen LogP contribution in [-0.4, -0.2) is 30.8 Å². The van der Waals surface area contributed by atoms with E-state index < -0.39 is 0 Å². The third kappa shape index (κ3) is 7.33. The van der Waals surface area contributed by atoms with Gasteiger partial charge in [-0.15, -0.1) is 0 Å². The molecule has 0 saturated carbocycles. The lowest BCUT2D eigenvalue weighted by Gasteiger charge is -2.20. The van der Waals surface area contributed by atoms with Gasteiger partial charge in [-0.25, -0.2) is 4.98 Å². The lowest BCUT2D eigenvalue weighted by molar-refractivity contribution is 0.156. The van der Waals surface area contributed by atoms with Crippen LogP contribution < -0.4 is 5.32 Å². The number of methoxy groups -OCH3 is 1. The summed E-state index contributed by atoms with van der Waals surface area (Å²) < 4.78 is 10.9. The summed E-state index contributed by atoms with van der Waals surface area (Å²) in [5, 5.41) is 3.46. The molecule has 0 aromatic carbocycles. The minimum atomic E-state index is 0.178. The van der Waals surface area contributed by atoms with Crippen LogP contribution in [0.3, 0.4) is 0 Å². The Hall–Kier alpha value is -0.870. The van der Waals surface area contributed by atoms with E-state index >= 15 is 0 Å². The van der Waals surface area contributed by atoms with Gasteiger partial charge in [0.1, 0.15) is 5.76 Å². The summed E-state index contributed by atoms with van der Waals surface area (Å²) in [5.41, 5.74) is 0.178. The molecule has 4 nitrogen and oxygen atoms in total. The van der Waals surface area contributed by atoms with Crippen LogP contribution in [0.25, 0.3) is 0 Å². The molecule has 1 heterocycles. The summed E-state index contributed by atoms with van der Waals surface area (Å²) in [6.45, 7) is 10.4. The van der Waals surface area contributed by atoms with E-state index in [2.05, 4.69) is 38.0 Å². The molecule has 1 unspecified atom stereocenters. The molecule has 0 aliphatic heterocycles. The lowest BCUT2D eigenvalue weighted by Crippen LogP contribution is -2.36. The maximum atomic E-state index is 5.74. The molecular formula is C15H28N2O2. The second-order valence-corrected chi connectivity index (χ2v) is 6.27. The summed E-state index contributed by atoms with van der Waals surface area (Å²) in [4.78, 5) is 4.33. The Morgan fingerprint density at radius 2 is 2.16 bits per heavy atom. The SMILES string of the molecule is COCC(C)Cc1cnc(CCCNC(C)(C)C)o1. The zero-order chi connectivity index (χ0) is 14.3. The van der Waals surface area contributed by atoms with Gasteiger partial charge in [0.25, 0.3) is 0 Å². The molecule has 1 aromatic heterocycles. The molecule has 1 aromatic rings. The van der Waals surface area contributed by atoms with E-state index in [0.29, 0.717) is 5.92 Å². The first-order valence-electron chi connectivity index (χ1n) is 7.08. The molecule has 0 radical (unpaired) electrons. The smallest absolute Gasteiger partial charge is 0.194 e. The molecule has 1 atom stereocenters. The molecule has 110 valence electrons. The van der Waals surface area contributed by atoms with Gasteiger partial charge in [-0.05, 0) is 39.7 Å². The van der Waals surface area contributed by atoms with Crippen molar-refractivity contribution in [2.75, 3.05) is 20.3 Å². The molecule has 1 rings (SSSR count). The van der Waals surface area contributed by atoms with Gasteiger partial charge in [0, 0.05) is 32.1 Å². The number of rotatable bonds is 8. The normalized spacial score (nSPS) is 13.7. The fourth-order valence-electron chi connectivity index (χ4n) is 1.95. The number of ether oxygens (including phenoxy) is 1. The number of oxazole rings is 1. The molecule has 0 aliphatic carbocycles. The molecule has 1 N–H and O–H groups in total. The van der Waals surface area contributed by atoms with E-state index in [-0.39, 0.29) is 5.54 Å². The first kappa shape index (κ1) is 16.2. The fraction of sp³-hybridized carbons (Fsp3) is 0.800. The quantitative estimate of drug-likeness (QED) is 0.736. The molecular weight excluding hydrogens is 240 g/mol. The van der Waals surface area contributed by atoms with Crippen molar-refractivity contribution >= 4 is 0 Å². The molecule has 0 bridgehead atoms. The van der Waals surface area contributed by atoms with Crippen molar-refractivity contribution in [2.45, 2.75) is 52.5 Å². The van der Waals surface area contributed by atoms with E-state index in [1.165, 1.54) is 0 Å². The van der Waals surface area contributed by atoms with Crippen molar-refractivity contribution in [3.8, 4) is 0 Å². The monoisotopic (exact) mass is 268 g/mol. The third-order valence-corrected chi connectivity index (χ3v) is 2.83. The molecule has 0 spiro atoms. The van der Waals surface area contributed by atoms with Gasteiger partial charge in [0.05, 0.1) is 6.20 Å². The van der Waals surface area contributed by atoms with Crippen molar-refractivity contribution in [1.29, 1.82) is 0 Å². The Labute approximate surface area is 116 Å². The largest absolute Gasteiger partial charge is 0.446 e. The zero-order valence-electron chi connectivity index (χ0n) is 13.0. The predicted octanol–water partition coefficient (Wildman–Crippen LogP) is 2.82. The van der Waals surface area contributed by atoms with Crippen molar-refractivity contribution in [2.24, 2.45) is 5.92 Å². The second kappa shape index (κ2) is 7.65. The third-order valence-electron chi connectivity index (χ3n) is 2.83. The van der Waals surface area contributed by atoms with E-state index in [1.807, 2.05) is 6.20 Å². The van der Waals surface area contributed by atoms with Gasteiger partial charge in [-0.2, -0.15) is 0 Å². The highest BCUT2D eigenvalue weighted by Gasteiger charge is 2.10. The van der Waals surface area contributed by atoms with Crippen LogP contribution in [0.5, 0.6) is 0 Å². The number of hydrogen-bond acceptors (Lipinski definition) is 4. The molecule has 0 fully saturated rings. The molecule has 0 saturated heterocycles. The Morgan fingerprint density at radius 1 is 1.42 bits per heavy atom. The number of nitrogens with one attached hydrogen (secondary N) is 1. The Morgan fingerprint density at radius 3 is 2.79 bits per heavy atom. The second-order valence-electron chi connectivity index (χ2n) is 6.27. The summed E-state index contributed by atoms with van der Waals surface area (Å²) in [6.07, 6.45) is 4.67. The van der Waals surface area contributed by atoms with E-state index in [9.17, 15) is 0 Å². The average molecular weight is 268 g/mol. The first-order chi connectivity index (χ1) is 8.90. The van der Waals surface area contributed by atoms with Gasteiger partial charge < -0.3 is 14.5 Å². The topological polar surface area (TPSA) is 47.3 Å². The van der Waals surface area contributed by atoms with Crippen LogP contribution in [-0.2, 0) is 17.6 Å². The van der Waals surface area contributed by atoms with Crippen LogP contribution in [0.4, 0.5) is 0 Å². The maximum absolute atomic E-state index is 5.74. The highest BCUT2D eigenvalue weighted by molar-refractivity contribution is 4.95. The van der Waals surface area contributed by atoms with Gasteiger partial charge >= 0.3 is 0 Å². The number of aryl methyl sites for hydroxylation is 1. The summed E-state index contributed by atoms with van der Waals surface area (Å²) in [5.74, 6) is 2.27. The minimum Gasteiger partial charge on any atom is -0.446 e. The van der Waals surface area contributed by atoms with Crippen LogP contribution in [0, 0.1) is 5.92 Å². The Kier molecular flexibility index (Phi) is 6.52. The molecule has 0 aliphatic rings. The highest BCUT2D eigenvalue weighted by Crippen LogP contribution is 2.12. The molecule has 0 amide bonds. The van der Waals surface area contributed by atoms with Crippen molar-refractivity contribution in [3.05, 3.63) is 17.8 Å². The number of nitrogens with zero attached hydrogens (tertiary/aromatic N) is 1. The van der Waals surface area contributed by atoms with Crippen molar-refractivity contribution in [3.63, 3.8) is 0 Å². The molecule has 4 heteroatoms. The van der Waals surface area contributed by atoms with Gasteiger partial charge in [-0.3, -0.25) is 0 Å².